The van der Waals surface area contributed by atoms with Gasteiger partial charge in [0.25, 0.3) is 0 Å². The molecule has 0 saturated heterocycles. The van der Waals surface area contributed by atoms with E-state index in [1.54, 1.807) is 0 Å². The molecule has 1 saturated carbocycles. The number of carbonyl (C=O) groups excluding carboxylic acids is 1. The number of rotatable bonds is 8. The molecule has 0 radical (unpaired) electrons. The lowest BCUT2D eigenvalue weighted by atomic mass is 9.87. The van der Waals surface area contributed by atoms with Crippen LogP contribution in [0.4, 0.5) is 0 Å². The van der Waals surface area contributed by atoms with Crippen LogP contribution in [0.5, 0.6) is 0 Å². The molecule has 1 amide bonds. The average molecular weight is 374 g/mol. The quantitative estimate of drug-likeness (QED) is 0.543. The molecule has 0 aromatic heterocycles. The van der Waals surface area contributed by atoms with E-state index in [0.717, 1.165) is 18.4 Å². The van der Waals surface area contributed by atoms with Gasteiger partial charge in [-0.05, 0) is 42.2 Å². The fourth-order valence-electron chi connectivity index (χ4n) is 3.36. The van der Waals surface area contributed by atoms with E-state index in [-0.39, 0.29) is 11.8 Å². The first-order chi connectivity index (χ1) is 12.6. The van der Waals surface area contributed by atoms with Crippen LogP contribution in [-0.4, -0.2) is 5.91 Å². The van der Waals surface area contributed by atoms with Gasteiger partial charge in [0.15, 0.2) is 0 Å². The Kier molecular flexibility index (Phi) is 11.1. The fourth-order valence-corrected chi connectivity index (χ4v) is 3.82. The molecule has 1 aliphatic carbocycles. The van der Waals surface area contributed by atoms with Gasteiger partial charge < -0.3 is 5.32 Å². The van der Waals surface area contributed by atoms with Gasteiger partial charge in [-0.3, -0.25) is 4.79 Å². The van der Waals surface area contributed by atoms with Crippen LogP contribution in [0.25, 0.3) is 0 Å². The Labute approximate surface area is 164 Å². The second-order valence-corrected chi connectivity index (χ2v) is 7.53. The molecule has 1 atom stereocenters. The number of amides is 1. The van der Waals surface area contributed by atoms with Crippen LogP contribution >= 0.6 is 11.8 Å². The van der Waals surface area contributed by atoms with Crippen molar-refractivity contribution < 1.29 is 4.79 Å². The van der Waals surface area contributed by atoms with E-state index in [2.05, 4.69) is 43.1 Å². The predicted molar refractivity (Wildman–Crippen MR) is 116 cm³/mol. The largest absolute Gasteiger partial charge is 0.320 e. The van der Waals surface area contributed by atoms with Gasteiger partial charge in [0, 0.05) is 0 Å². The van der Waals surface area contributed by atoms with Crippen LogP contribution in [0.3, 0.4) is 0 Å². The summed E-state index contributed by atoms with van der Waals surface area (Å²) in [6, 6.07) is 8.54. The van der Waals surface area contributed by atoms with Gasteiger partial charge in [0.05, 0.1) is 10.9 Å². The van der Waals surface area contributed by atoms with Crippen LogP contribution in [0, 0.1) is 5.92 Å². The Balaban J connectivity index is 0.00000163. The molecule has 2 rings (SSSR count). The summed E-state index contributed by atoms with van der Waals surface area (Å²) in [4.78, 5) is 12.9. The van der Waals surface area contributed by atoms with E-state index in [9.17, 15) is 4.79 Å². The molecule has 1 fully saturated rings. The Hall–Kier alpha value is -1.48. The van der Waals surface area contributed by atoms with Crippen LogP contribution in [0.1, 0.15) is 76.8 Å². The third-order valence-corrected chi connectivity index (χ3v) is 5.55. The minimum atomic E-state index is -0.0815. The Morgan fingerprint density at radius 1 is 1.27 bits per heavy atom. The molecule has 1 unspecified atom stereocenters. The first kappa shape index (κ1) is 22.6. The maximum Gasteiger partial charge on any atom is 0.232 e. The number of hydrogen-bond donors (Lipinski definition) is 1. The zero-order valence-corrected chi connectivity index (χ0v) is 17.7. The molecule has 1 aromatic rings. The van der Waals surface area contributed by atoms with Crippen molar-refractivity contribution in [1.29, 1.82) is 0 Å². The van der Waals surface area contributed by atoms with E-state index in [1.165, 1.54) is 43.0 Å². The molecule has 2 nitrogen and oxygen atoms in total. The third kappa shape index (κ3) is 7.41. The molecular formula is C23H35NOS. The number of thioether (sulfide) groups is 1. The van der Waals surface area contributed by atoms with Crippen LogP contribution < -0.4 is 5.32 Å². The van der Waals surface area contributed by atoms with Gasteiger partial charge in [-0.15, -0.1) is 0 Å². The third-order valence-electron chi connectivity index (χ3n) is 4.76. The number of hydrogen-bond acceptors (Lipinski definition) is 2. The van der Waals surface area contributed by atoms with Gasteiger partial charge in [0.2, 0.25) is 5.91 Å². The summed E-state index contributed by atoms with van der Waals surface area (Å²) in [5.74, 6) is 0.665. The molecule has 1 aromatic carbocycles. The van der Waals surface area contributed by atoms with Crippen molar-refractivity contribution >= 4 is 17.7 Å². The lowest BCUT2D eigenvalue weighted by Gasteiger charge is -2.21. The SMILES string of the molecule is C=C(NC(=O)C(CC1CCCC1)c1ccc(CC)cc1)S/C=C\C.CC. The summed E-state index contributed by atoms with van der Waals surface area (Å²) in [6.07, 6.45) is 9.03. The molecule has 144 valence electrons. The van der Waals surface area contributed by atoms with E-state index in [4.69, 9.17) is 0 Å². The van der Waals surface area contributed by atoms with Gasteiger partial charge >= 0.3 is 0 Å². The summed E-state index contributed by atoms with van der Waals surface area (Å²) in [7, 11) is 0. The highest BCUT2D eigenvalue weighted by atomic mass is 32.2. The molecule has 0 bridgehead atoms. The van der Waals surface area contributed by atoms with E-state index in [1.807, 2.05) is 32.3 Å². The average Bonchev–Trinajstić information content (AvgIpc) is 3.19. The van der Waals surface area contributed by atoms with Crippen LogP contribution in [0.15, 0.2) is 47.4 Å². The standard InChI is InChI=1S/C21H29NOS.C2H6/c1-4-14-24-16(3)22-21(23)20(15-18-8-6-7-9-18)19-12-10-17(5-2)11-13-19;1-2/h4,10-14,18,20H,3,5-9,15H2,1-2H3,(H,22,23);1-2H3/b14-4-;. The summed E-state index contributed by atoms with van der Waals surface area (Å²) < 4.78 is 0. The number of aryl methyl sites for hydroxylation is 1. The summed E-state index contributed by atoms with van der Waals surface area (Å²) >= 11 is 1.46. The monoisotopic (exact) mass is 373 g/mol. The second-order valence-electron chi connectivity index (χ2n) is 6.53. The highest BCUT2D eigenvalue weighted by Gasteiger charge is 2.26. The lowest BCUT2D eigenvalue weighted by Crippen LogP contribution is -2.28. The summed E-state index contributed by atoms with van der Waals surface area (Å²) in [6.45, 7) is 12.1. The lowest BCUT2D eigenvalue weighted by molar-refractivity contribution is -0.122. The molecule has 0 heterocycles. The van der Waals surface area contributed by atoms with Crippen LogP contribution in [0.2, 0.25) is 0 Å². The molecule has 3 heteroatoms. The van der Waals surface area contributed by atoms with Crippen molar-refractivity contribution in [3.63, 3.8) is 0 Å². The van der Waals surface area contributed by atoms with Gasteiger partial charge in [-0.2, -0.15) is 0 Å². The fraction of sp³-hybridized carbons (Fsp3) is 0.522. The maximum atomic E-state index is 12.9. The van der Waals surface area contributed by atoms with E-state index >= 15 is 0 Å². The Morgan fingerprint density at radius 2 is 1.88 bits per heavy atom. The first-order valence-electron chi connectivity index (χ1n) is 10.0. The van der Waals surface area contributed by atoms with Crippen molar-refractivity contribution in [1.82, 2.24) is 5.32 Å². The number of carbonyl (C=O) groups is 1. The van der Waals surface area contributed by atoms with Crippen molar-refractivity contribution in [2.24, 2.45) is 5.92 Å². The first-order valence-corrected chi connectivity index (χ1v) is 10.9. The van der Waals surface area contributed by atoms with Crippen molar-refractivity contribution in [3.05, 3.63) is 58.5 Å². The predicted octanol–water partition coefficient (Wildman–Crippen LogP) is 6.79. The second kappa shape index (κ2) is 12.8. The normalized spacial score (nSPS) is 15.4. The Bertz CT molecular complexity index is 570. The van der Waals surface area contributed by atoms with Crippen molar-refractivity contribution in [2.45, 2.75) is 72.1 Å². The van der Waals surface area contributed by atoms with E-state index < -0.39 is 0 Å². The highest BCUT2D eigenvalue weighted by molar-refractivity contribution is 8.05. The topological polar surface area (TPSA) is 29.1 Å². The molecule has 26 heavy (non-hydrogen) atoms. The zero-order chi connectivity index (χ0) is 19.4. The molecular weight excluding hydrogens is 338 g/mol. The van der Waals surface area contributed by atoms with Gasteiger partial charge in [-0.1, -0.05) is 95.1 Å². The van der Waals surface area contributed by atoms with E-state index in [0.29, 0.717) is 10.9 Å². The Morgan fingerprint density at radius 3 is 2.42 bits per heavy atom. The highest BCUT2D eigenvalue weighted by Crippen LogP contribution is 2.34. The molecule has 0 aliphatic heterocycles. The molecule has 0 spiro atoms. The number of nitrogens with one attached hydrogen (secondary N) is 1. The van der Waals surface area contributed by atoms with Crippen molar-refractivity contribution in [3.8, 4) is 0 Å². The smallest absolute Gasteiger partial charge is 0.232 e. The maximum absolute atomic E-state index is 12.9. The van der Waals surface area contributed by atoms with Gasteiger partial charge in [-0.25, -0.2) is 0 Å². The minimum absolute atomic E-state index is 0.0770. The van der Waals surface area contributed by atoms with Crippen molar-refractivity contribution in [2.75, 3.05) is 0 Å². The summed E-state index contributed by atoms with van der Waals surface area (Å²) in [5, 5.41) is 5.62. The van der Waals surface area contributed by atoms with Gasteiger partial charge in [0.1, 0.15) is 0 Å². The summed E-state index contributed by atoms with van der Waals surface area (Å²) in [5.41, 5.74) is 2.44. The minimum Gasteiger partial charge on any atom is -0.320 e. The number of allylic oxidation sites excluding steroid dienone is 1. The molecule has 1 aliphatic rings. The number of benzene rings is 1. The van der Waals surface area contributed by atoms with Crippen LogP contribution in [-0.2, 0) is 11.2 Å². The molecule has 1 N–H and O–H groups in total. The zero-order valence-electron chi connectivity index (χ0n) is 16.9.